The number of aromatic nitrogens is 3. The van der Waals surface area contributed by atoms with Crippen LogP contribution in [-0.4, -0.2) is 39.9 Å². The van der Waals surface area contributed by atoms with Crippen LogP contribution in [0.2, 0.25) is 0 Å². The van der Waals surface area contributed by atoms with Gasteiger partial charge in [-0.25, -0.2) is 4.98 Å². The maximum atomic E-state index is 13.1. The number of halogens is 3. The van der Waals surface area contributed by atoms with Gasteiger partial charge in [-0.2, -0.15) is 13.2 Å². The fourth-order valence-corrected chi connectivity index (χ4v) is 4.16. The number of pyridine rings is 1. The lowest BCUT2D eigenvalue weighted by molar-refractivity contribution is -0.182. The summed E-state index contributed by atoms with van der Waals surface area (Å²) in [5.74, 6) is -1.36. The van der Waals surface area contributed by atoms with Gasteiger partial charge < -0.3 is 15.1 Å². The van der Waals surface area contributed by atoms with Gasteiger partial charge in [-0.05, 0) is 37.8 Å². The number of nitrogens with zero attached hydrogens (tertiary/aromatic N) is 3. The lowest BCUT2D eigenvalue weighted by Crippen LogP contribution is -2.34. The fourth-order valence-electron chi connectivity index (χ4n) is 4.16. The van der Waals surface area contributed by atoms with Crippen LogP contribution in [0.25, 0.3) is 11.6 Å². The molecule has 30 heavy (non-hydrogen) atoms. The summed E-state index contributed by atoms with van der Waals surface area (Å²) in [5, 5.41) is 14.0. The molecular weight excluding hydrogens is 399 g/mol. The molecule has 0 unspecified atom stereocenters. The van der Waals surface area contributed by atoms with Crippen molar-refractivity contribution in [3.8, 4) is 11.6 Å². The predicted molar refractivity (Wildman–Crippen MR) is 102 cm³/mol. The minimum Gasteiger partial charge on any atom is -0.418 e. The molecule has 3 atom stereocenters. The zero-order valence-corrected chi connectivity index (χ0v) is 16.2. The van der Waals surface area contributed by atoms with Gasteiger partial charge in [0.1, 0.15) is 5.41 Å². The zero-order chi connectivity index (χ0) is 21.4. The number of alkyl halides is 3. The summed E-state index contributed by atoms with van der Waals surface area (Å²) in [6, 6.07) is 3.06. The second-order valence-electron chi connectivity index (χ2n) is 7.74. The number of hydrogen-bond donors (Lipinski definition) is 2. The van der Waals surface area contributed by atoms with Gasteiger partial charge >= 0.3 is 6.18 Å². The number of carbonyl (C=O) groups excluding carboxylic acids is 1. The average Bonchev–Trinajstić information content (AvgIpc) is 3.35. The maximum Gasteiger partial charge on any atom is 0.391 e. The van der Waals surface area contributed by atoms with E-state index < -0.39 is 17.5 Å². The lowest BCUT2D eigenvalue weighted by atomic mass is 9.85. The largest absolute Gasteiger partial charge is 0.418 e. The average molecular weight is 421 g/mol. The molecule has 4 rings (SSSR count). The van der Waals surface area contributed by atoms with Crippen LogP contribution in [0.3, 0.4) is 0 Å². The van der Waals surface area contributed by atoms with Crippen molar-refractivity contribution < 1.29 is 22.4 Å². The first-order valence-electron chi connectivity index (χ1n) is 9.88. The number of amides is 1. The summed E-state index contributed by atoms with van der Waals surface area (Å²) in [4.78, 5) is 16.6. The van der Waals surface area contributed by atoms with Gasteiger partial charge in [-0.1, -0.05) is 12.5 Å². The lowest BCUT2D eigenvalue weighted by Gasteiger charge is -2.31. The Balaban J connectivity index is 1.58. The molecule has 1 aliphatic heterocycles. The number of anilines is 1. The van der Waals surface area contributed by atoms with E-state index in [1.807, 2.05) is 0 Å². The molecule has 2 fully saturated rings. The summed E-state index contributed by atoms with van der Waals surface area (Å²) in [6.45, 7) is 4.21. The van der Waals surface area contributed by atoms with Crippen LogP contribution in [-0.2, 0) is 10.2 Å². The third kappa shape index (κ3) is 3.66. The third-order valence-corrected chi connectivity index (χ3v) is 5.87. The van der Waals surface area contributed by atoms with Crippen molar-refractivity contribution in [1.82, 2.24) is 20.5 Å². The summed E-state index contributed by atoms with van der Waals surface area (Å²) >= 11 is 0. The van der Waals surface area contributed by atoms with Gasteiger partial charge in [-0.3, -0.25) is 4.79 Å². The van der Waals surface area contributed by atoms with Crippen molar-refractivity contribution in [2.45, 2.75) is 49.7 Å². The van der Waals surface area contributed by atoms with Crippen LogP contribution in [0, 0.1) is 5.92 Å². The van der Waals surface area contributed by atoms with Crippen LogP contribution in [0.1, 0.15) is 38.0 Å². The topological polar surface area (TPSA) is 92.9 Å². The maximum absolute atomic E-state index is 13.1. The number of carbonyl (C=O) groups is 1. The third-order valence-electron chi connectivity index (χ3n) is 5.87. The predicted octanol–water partition coefficient (Wildman–Crippen LogP) is 3.61. The normalized spacial score (nSPS) is 27.0. The van der Waals surface area contributed by atoms with Crippen molar-refractivity contribution in [3.05, 3.63) is 36.9 Å². The molecule has 0 spiro atoms. The molecule has 0 radical (unpaired) electrons. The first kappa shape index (κ1) is 20.4. The Labute approximate surface area is 171 Å². The number of rotatable bonds is 5. The Hall–Kier alpha value is -2.91. The van der Waals surface area contributed by atoms with Crippen molar-refractivity contribution in [2.24, 2.45) is 5.92 Å². The Morgan fingerprint density at radius 2 is 2.17 bits per heavy atom. The van der Waals surface area contributed by atoms with Crippen molar-refractivity contribution in [2.75, 3.05) is 11.9 Å². The molecule has 2 aromatic rings. The molecule has 3 heterocycles. The summed E-state index contributed by atoms with van der Waals surface area (Å²) < 4.78 is 45.2. The molecule has 1 saturated heterocycles. The van der Waals surface area contributed by atoms with E-state index in [9.17, 15) is 18.0 Å². The van der Waals surface area contributed by atoms with Gasteiger partial charge in [0.05, 0.1) is 11.6 Å². The SMILES string of the molecule is C=C[C@]1(c2nnc(-c3ncccc3N[C@@H]3CCC[C@H](C(F)(F)F)C3)o2)CCNC1=O. The van der Waals surface area contributed by atoms with Gasteiger partial charge in [0.15, 0.2) is 5.69 Å². The van der Waals surface area contributed by atoms with Crippen molar-refractivity contribution >= 4 is 11.6 Å². The smallest absolute Gasteiger partial charge is 0.391 e. The van der Waals surface area contributed by atoms with Gasteiger partial charge in [0, 0.05) is 18.8 Å². The fraction of sp³-hybridized carbons (Fsp3) is 0.500. The van der Waals surface area contributed by atoms with E-state index in [2.05, 4.69) is 32.4 Å². The van der Waals surface area contributed by atoms with Crippen molar-refractivity contribution in [1.29, 1.82) is 0 Å². The number of nitrogens with one attached hydrogen (secondary N) is 2. The molecule has 1 aliphatic carbocycles. The second kappa shape index (κ2) is 7.73. The van der Waals surface area contributed by atoms with Gasteiger partial charge in [-0.15, -0.1) is 16.8 Å². The van der Waals surface area contributed by atoms with Crippen LogP contribution >= 0.6 is 0 Å². The Kier molecular flexibility index (Phi) is 5.25. The van der Waals surface area contributed by atoms with E-state index in [0.29, 0.717) is 37.2 Å². The minimum atomic E-state index is -4.19. The molecule has 2 aromatic heterocycles. The molecule has 1 saturated carbocycles. The molecule has 10 heteroatoms. The molecule has 7 nitrogen and oxygen atoms in total. The molecule has 0 aromatic carbocycles. The minimum absolute atomic E-state index is 0.00661. The molecule has 2 N–H and O–H groups in total. The van der Waals surface area contributed by atoms with Crippen LogP contribution < -0.4 is 10.6 Å². The van der Waals surface area contributed by atoms with E-state index in [1.54, 1.807) is 12.1 Å². The highest BCUT2D eigenvalue weighted by molar-refractivity contribution is 5.91. The molecule has 0 bridgehead atoms. The van der Waals surface area contributed by atoms with E-state index in [4.69, 9.17) is 4.42 Å². The van der Waals surface area contributed by atoms with Crippen LogP contribution in [0.4, 0.5) is 18.9 Å². The van der Waals surface area contributed by atoms with Crippen LogP contribution in [0.15, 0.2) is 35.4 Å². The van der Waals surface area contributed by atoms with E-state index in [0.717, 1.165) is 0 Å². The first-order valence-corrected chi connectivity index (χ1v) is 9.88. The summed E-state index contributed by atoms with van der Waals surface area (Å²) in [7, 11) is 0. The Bertz CT molecular complexity index is 945. The highest BCUT2D eigenvalue weighted by Gasteiger charge is 2.46. The van der Waals surface area contributed by atoms with Gasteiger partial charge in [0.25, 0.3) is 5.89 Å². The number of hydrogen-bond acceptors (Lipinski definition) is 6. The van der Waals surface area contributed by atoms with Crippen molar-refractivity contribution in [3.63, 3.8) is 0 Å². The molecule has 160 valence electrons. The Morgan fingerprint density at radius 1 is 1.33 bits per heavy atom. The van der Waals surface area contributed by atoms with E-state index in [1.165, 1.54) is 12.3 Å². The zero-order valence-electron chi connectivity index (χ0n) is 16.2. The second-order valence-corrected chi connectivity index (χ2v) is 7.74. The standard InChI is InChI=1S/C20H22F3N5O2/c1-2-19(8-10-25-17(19)29)18-28-27-16(30-18)15-14(7-4-9-24-15)26-13-6-3-5-12(11-13)20(21,22)23/h2,4,7,9,12-13,26H,1,3,5-6,8,10-11H2,(H,25,29)/t12-,13+,19-/m0/s1. The molecule has 1 amide bonds. The first-order chi connectivity index (χ1) is 14.3. The summed E-state index contributed by atoms with van der Waals surface area (Å²) in [6.07, 6.45) is 0.576. The highest BCUT2D eigenvalue weighted by Crippen LogP contribution is 2.39. The summed E-state index contributed by atoms with van der Waals surface area (Å²) in [5.41, 5.74) is -0.233. The Morgan fingerprint density at radius 3 is 2.87 bits per heavy atom. The monoisotopic (exact) mass is 421 g/mol. The van der Waals surface area contributed by atoms with E-state index in [-0.39, 0.29) is 36.6 Å². The highest BCUT2D eigenvalue weighted by atomic mass is 19.4. The molecule has 2 aliphatic rings. The van der Waals surface area contributed by atoms with Gasteiger partial charge in [0.2, 0.25) is 11.8 Å². The van der Waals surface area contributed by atoms with E-state index >= 15 is 0 Å². The quantitative estimate of drug-likeness (QED) is 0.717. The molecular formula is C20H22F3N5O2. The van der Waals surface area contributed by atoms with Crippen LogP contribution in [0.5, 0.6) is 0 Å².